The molecule has 0 saturated carbocycles. The van der Waals surface area contributed by atoms with Crippen molar-refractivity contribution >= 4 is 31.3 Å². The number of anilines is 1. The fraction of sp³-hybridized carbons (Fsp3) is 0.306. The van der Waals surface area contributed by atoms with Crippen LogP contribution in [-0.4, -0.2) is 40.0 Å². The molecule has 0 bridgehead atoms. The first kappa shape index (κ1) is 43.7. The van der Waals surface area contributed by atoms with Crippen LogP contribution >= 0.6 is 19.4 Å². The number of carbonyl (C=O) groups is 1. The van der Waals surface area contributed by atoms with Gasteiger partial charge in [0, 0.05) is 23.7 Å². The lowest BCUT2D eigenvalue weighted by atomic mass is 10.2. The molecule has 45 heavy (non-hydrogen) atoms. The third-order valence-corrected chi connectivity index (χ3v) is 7.61. The number of thioether (sulfide) groups is 1. The zero-order valence-corrected chi connectivity index (χ0v) is 28.1. The zero-order valence-electron chi connectivity index (χ0n) is 26.4. The second-order valence-electron chi connectivity index (χ2n) is 9.61. The van der Waals surface area contributed by atoms with Crippen molar-refractivity contribution in [3.05, 3.63) is 132 Å². The summed E-state index contributed by atoms with van der Waals surface area (Å²) < 4.78 is 23.1. The maximum Gasteiger partial charge on any atom is 0.355 e. The molecule has 1 aliphatic rings. The molecule has 0 aliphatic carbocycles. The predicted molar refractivity (Wildman–Crippen MR) is 193 cm³/mol. The second-order valence-corrected chi connectivity index (χ2v) is 12.3. The summed E-state index contributed by atoms with van der Waals surface area (Å²) >= 11 is 1.39. The molecule has 1 heterocycles. The molecule has 248 valence electrons. The monoisotopic (exact) mass is 659 g/mol. The fourth-order valence-electron chi connectivity index (χ4n) is 3.16. The molecule has 6 nitrogen and oxygen atoms in total. The first-order valence-corrected chi connectivity index (χ1v) is 16.8. The van der Waals surface area contributed by atoms with Gasteiger partial charge in [0.1, 0.15) is 12.1 Å². The van der Waals surface area contributed by atoms with Crippen LogP contribution in [0.4, 0.5) is 10.1 Å². The number of hydrogen-bond acceptors (Lipinski definition) is 5. The Morgan fingerprint density at radius 1 is 0.978 bits per heavy atom. The summed E-state index contributed by atoms with van der Waals surface area (Å²) in [6.45, 7) is 15.4. The number of benzene rings is 2. The molecule has 0 amide bonds. The van der Waals surface area contributed by atoms with Crippen molar-refractivity contribution in [1.82, 2.24) is 0 Å². The SMILES string of the molecule is C.C=C(C)/C=C\C(=C/C)P(=O)(O)O.CC\C=C(C)/C=C\C(C)=C\O.O=CCSc1ccc(F)cc1.c1ccc(N2CCC2)cc1. The van der Waals surface area contributed by atoms with Gasteiger partial charge in [0.15, 0.2) is 0 Å². The van der Waals surface area contributed by atoms with Gasteiger partial charge in [-0.25, -0.2) is 4.39 Å². The summed E-state index contributed by atoms with van der Waals surface area (Å²) in [4.78, 5) is 30.8. The van der Waals surface area contributed by atoms with Crippen molar-refractivity contribution in [3.8, 4) is 0 Å². The van der Waals surface area contributed by atoms with Gasteiger partial charge in [-0.2, -0.15) is 0 Å². The van der Waals surface area contributed by atoms with Crippen LogP contribution in [0.3, 0.4) is 0 Å². The zero-order chi connectivity index (χ0) is 33.4. The van der Waals surface area contributed by atoms with E-state index in [1.807, 2.05) is 26.0 Å². The second kappa shape index (κ2) is 25.9. The van der Waals surface area contributed by atoms with E-state index in [0.717, 1.165) is 35.0 Å². The van der Waals surface area contributed by atoms with Crippen LogP contribution < -0.4 is 4.90 Å². The molecule has 0 unspecified atom stereocenters. The maximum absolute atomic E-state index is 12.3. The van der Waals surface area contributed by atoms with Crippen LogP contribution in [0.1, 0.15) is 54.9 Å². The molecule has 3 N–H and O–H groups in total. The van der Waals surface area contributed by atoms with Crippen LogP contribution in [-0.2, 0) is 9.36 Å². The van der Waals surface area contributed by atoms with Crippen molar-refractivity contribution in [2.24, 2.45) is 0 Å². The minimum atomic E-state index is -4.10. The third kappa shape index (κ3) is 22.7. The van der Waals surface area contributed by atoms with Gasteiger partial charge >= 0.3 is 7.60 Å². The summed E-state index contributed by atoms with van der Waals surface area (Å²) in [5.74, 6) is 0.173. The van der Waals surface area contributed by atoms with E-state index in [-0.39, 0.29) is 18.6 Å². The summed E-state index contributed by atoms with van der Waals surface area (Å²) in [5, 5.41) is 8.56. The van der Waals surface area contributed by atoms with Crippen LogP contribution in [0.15, 0.2) is 131 Å². The number of para-hydroxylation sites is 1. The lowest BCUT2D eigenvalue weighted by Crippen LogP contribution is -2.36. The van der Waals surface area contributed by atoms with Gasteiger partial charge in [0.25, 0.3) is 0 Å². The molecule has 1 aliphatic heterocycles. The number of aliphatic hydroxyl groups excluding tert-OH is 1. The van der Waals surface area contributed by atoms with Crippen LogP contribution in [0.5, 0.6) is 0 Å². The largest absolute Gasteiger partial charge is 0.515 e. The van der Waals surface area contributed by atoms with Gasteiger partial charge in [-0.15, -0.1) is 11.8 Å². The minimum Gasteiger partial charge on any atom is -0.515 e. The maximum atomic E-state index is 12.3. The van der Waals surface area contributed by atoms with Gasteiger partial charge in [0.05, 0.1) is 17.3 Å². The van der Waals surface area contributed by atoms with E-state index in [0.29, 0.717) is 5.75 Å². The summed E-state index contributed by atoms with van der Waals surface area (Å²) in [5.41, 5.74) is 4.22. The average molecular weight is 660 g/mol. The topological polar surface area (TPSA) is 98.1 Å². The number of hydrogen-bond donors (Lipinski definition) is 3. The molecule has 0 aromatic heterocycles. The van der Waals surface area contributed by atoms with E-state index in [1.165, 1.54) is 66.8 Å². The Labute approximate surface area is 274 Å². The predicted octanol–water partition coefficient (Wildman–Crippen LogP) is 10.2. The molecule has 1 fully saturated rings. The first-order chi connectivity index (χ1) is 20.9. The Morgan fingerprint density at radius 2 is 1.56 bits per heavy atom. The Hall–Kier alpha value is -3.42. The molecule has 2 aromatic carbocycles. The summed E-state index contributed by atoms with van der Waals surface area (Å²) in [7, 11) is -4.10. The van der Waals surface area contributed by atoms with Gasteiger partial charge in [-0.1, -0.05) is 80.7 Å². The van der Waals surface area contributed by atoms with Crippen LogP contribution in [0.2, 0.25) is 0 Å². The normalized spacial score (nSPS) is 13.2. The van der Waals surface area contributed by atoms with E-state index < -0.39 is 7.60 Å². The fourth-order valence-corrected chi connectivity index (χ4v) is 4.35. The number of halogens is 1. The molecular formula is C36H51FNO5PS. The van der Waals surface area contributed by atoms with E-state index >= 15 is 0 Å². The molecule has 9 heteroatoms. The molecule has 0 spiro atoms. The van der Waals surface area contributed by atoms with Crippen molar-refractivity contribution in [2.75, 3.05) is 23.7 Å². The third-order valence-electron chi connectivity index (χ3n) is 5.62. The van der Waals surface area contributed by atoms with Crippen molar-refractivity contribution in [3.63, 3.8) is 0 Å². The van der Waals surface area contributed by atoms with Gasteiger partial charge in [-0.05, 0) is 88.6 Å². The quantitative estimate of drug-likeness (QED) is 0.0768. The Kier molecular flexibility index (Phi) is 25.1. The molecule has 0 radical (unpaired) electrons. The first-order valence-electron chi connectivity index (χ1n) is 14.2. The Balaban J connectivity index is 0. The number of carbonyl (C=O) groups excluding carboxylic acids is 1. The van der Waals surface area contributed by atoms with E-state index in [9.17, 15) is 13.8 Å². The summed E-state index contributed by atoms with van der Waals surface area (Å²) in [6.07, 6.45) is 14.7. The number of aldehydes is 1. The van der Waals surface area contributed by atoms with Crippen LogP contribution in [0.25, 0.3) is 0 Å². The number of rotatable bonds is 10. The molecule has 2 aromatic rings. The van der Waals surface area contributed by atoms with Crippen molar-refractivity contribution < 1.29 is 28.6 Å². The van der Waals surface area contributed by atoms with Gasteiger partial charge in [0.2, 0.25) is 0 Å². The average Bonchev–Trinajstić information content (AvgIpc) is 2.96. The van der Waals surface area contributed by atoms with Gasteiger partial charge < -0.3 is 24.6 Å². The molecular weight excluding hydrogens is 608 g/mol. The highest BCUT2D eigenvalue weighted by Gasteiger charge is 2.16. The lowest BCUT2D eigenvalue weighted by molar-refractivity contribution is -0.105. The molecule has 3 rings (SSSR count). The molecule has 0 atom stereocenters. The van der Waals surface area contributed by atoms with Crippen LogP contribution in [0, 0.1) is 5.82 Å². The van der Waals surface area contributed by atoms with E-state index in [2.05, 4.69) is 54.8 Å². The highest BCUT2D eigenvalue weighted by atomic mass is 32.2. The van der Waals surface area contributed by atoms with Gasteiger partial charge in [-0.3, -0.25) is 4.57 Å². The summed E-state index contributed by atoms with van der Waals surface area (Å²) in [6, 6.07) is 16.6. The highest BCUT2D eigenvalue weighted by molar-refractivity contribution is 7.99. The van der Waals surface area contributed by atoms with E-state index in [1.54, 1.807) is 32.1 Å². The Morgan fingerprint density at radius 3 is 1.98 bits per heavy atom. The lowest BCUT2D eigenvalue weighted by Gasteiger charge is -2.33. The van der Waals surface area contributed by atoms with Crippen molar-refractivity contribution in [1.29, 1.82) is 0 Å². The Bertz CT molecular complexity index is 1310. The minimum absolute atomic E-state index is 0. The molecule has 1 saturated heterocycles. The van der Waals surface area contributed by atoms with E-state index in [4.69, 9.17) is 14.9 Å². The smallest absolute Gasteiger partial charge is 0.355 e. The number of allylic oxidation sites excluding steroid dienone is 10. The van der Waals surface area contributed by atoms with Crippen molar-refractivity contribution in [2.45, 2.75) is 59.8 Å². The highest BCUT2D eigenvalue weighted by Crippen LogP contribution is 2.45. The number of nitrogens with zero attached hydrogens (tertiary/aromatic N) is 1. The number of aliphatic hydroxyl groups is 1. The standard InChI is InChI=1S/C10H16O.C9H11N.C8H7FOS.C8H13O3P.CH4/c1-4-5-9(2)6-7-10(3)8-11;1-2-5-9(6-3-1)10-7-4-8-10;9-7-1-3-8(4-2-7)11-6-5-10;1-4-8(12(9,10)11)6-5-7(2)3;/h5-8,11H,4H2,1-3H3;1-3,5-6H,4,7-8H2;1-5H,6H2;4-6H,2H2,1,3H3,(H2,9,10,11);1H4/b7-6-,9-5-,10-8+;;;6-5-,8-4+;.